The molecule has 0 bridgehead atoms. The zero-order chi connectivity index (χ0) is 13.1. The van der Waals surface area contributed by atoms with Crippen molar-refractivity contribution in [3.8, 4) is 0 Å². The Balaban J connectivity index is 2.04. The number of amides is 2. The Morgan fingerprint density at radius 3 is 2.78 bits per heavy atom. The second-order valence-electron chi connectivity index (χ2n) is 4.60. The lowest BCUT2D eigenvalue weighted by molar-refractivity contribution is 0.170. The Morgan fingerprint density at radius 1 is 1.33 bits per heavy atom. The third-order valence-electron chi connectivity index (χ3n) is 3.23. The summed E-state index contributed by atoms with van der Waals surface area (Å²) in [4.78, 5) is 14.0. The molecule has 1 atom stereocenters. The number of carbonyl (C=O) groups excluding carboxylic acids is 1. The maximum absolute atomic E-state index is 12.1. The lowest BCUT2D eigenvalue weighted by Crippen LogP contribution is -2.44. The van der Waals surface area contributed by atoms with Crippen molar-refractivity contribution in [2.75, 3.05) is 11.9 Å². The average molecular weight is 287 g/mol. The highest BCUT2D eigenvalue weighted by atomic mass is 35.5. The van der Waals surface area contributed by atoms with E-state index in [1.165, 1.54) is 6.42 Å². The summed E-state index contributed by atoms with van der Waals surface area (Å²) in [6, 6.07) is 5.32. The van der Waals surface area contributed by atoms with E-state index in [0.717, 1.165) is 19.4 Å². The number of anilines is 1. The van der Waals surface area contributed by atoms with E-state index in [1.807, 2.05) is 4.90 Å². The highest BCUT2D eigenvalue weighted by molar-refractivity contribution is 6.42. The number of benzene rings is 1. The molecule has 1 aromatic rings. The molecule has 1 N–H and O–H groups in total. The van der Waals surface area contributed by atoms with E-state index in [1.54, 1.807) is 18.2 Å². The molecule has 1 unspecified atom stereocenters. The topological polar surface area (TPSA) is 32.3 Å². The zero-order valence-electron chi connectivity index (χ0n) is 10.2. The Morgan fingerprint density at radius 2 is 2.11 bits per heavy atom. The summed E-state index contributed by atoms with van der Waals surface area (Å²) in [7, 11) is 0. The van der Waals surface area contributed by atoms with Gasteiger partial charge in [-0.2, -0.15) is 0 Å². The van der Waals surface area contributed by atoms with E-state index < -0.39 is 0 Å². The third kappa shape index (κ3) is 3.09. The molecule has 1 heterocycles. The fourth-order valence-corrected chi connectivity index (χ4v) is 2.47. The van der Waals surface area contributed by atoms with Crippen LogP contribution in [0, 0.1) is 0 Å². The first-order valence-electron chi connectivity index (χ1n) is 6.10. The smallest absolute Gasteiger partial charge is 0.322 e. The van der Waals surface area contributed by atoms with Crippen LogP contribution >= 0.6 is 23.2 Å². The number of likely N-dealkylation sites (tertiary alicyclic amines) is 1. The van der Waals surface area contributed by atoms with Gasteiger partial charge in [0, 0.05) is 18.3 Å². The van der Waals surface area contributed by atoms with Gasteiger partial charge in [0.2, 0.25) is 0 Å². The lowest BCUT2D eigenvalue weighted by atomic mass is 10.0. The Labute approximate surface area is 117 Å². The van der Waals surface area contributed by atoms with Crippen LogP contribution in [0.1, 0.15) is 26.2 Å². The minimum atomic E-state index is -0.0689. The molecular formula is C13H16Cl2N2O. The number of hydrogen-bond acceptors (Lipinski definition) is 1. The van der Waals surface area contributed by atoms with Gasteiger partial charge in [-0.3, -0.25) is 0 Å². The van der Waals surface area contributed by atoms with Gasteiger partial charge in [0.1, 0.15) is 0 Å². The molecule has 0 spiro atoms. The van der Waals surface area contributed by atoms with Gasteiger partial charge in [0.05, 0.1) is 10.0 Å². The molecule has 5 heteroatoms. The van der Waals surface area contributed by atoms with Crippen molar-refractivity contribution in [1.82, 2.24) is 4.90 Å². The molecule has 1 saturated heterocycles. The van der Waals surface area contributed by atoms with Gasteiger partial charge < -0.3 is 10.2 Å². The maximum atomic E-state index is 12.1. The molecule has 18 heavy (non-hydrogen) atoms. The van der Waals surface area contributed by atoms with E-state index in [-0.39, 0.29) is 6.03 Å². The number of piperidine rings is 1. The predicted octanol–water partition coefficient (Wildman–Crippen LogP) is 4.40. The molecule has 2 amide bonds. The summed E-state index contributed by atoms with van der Waals surface area (Å²) in [6.45, 7) is 2.89. The summed E-state index contributed by atoms with van der Waals surface area (Å²) in [5.74, 6) is 0. The van der Waals surface area contributed by atoms with Gasteiger partial charge in [0.25, 0.3) is 0 Å². The van der Waals surface area contributed by atoms with Crippen molar-refractivity contribution in [2.24, 2.45) is 0 Å². The first-order valence-corrected chi connectivity index (χ1v) is 6.86. The molecule has 98 valence electrons. The molecule has 0 saturated carbocycles. The number of nitrogens with zero attached hydrogens (tertiary/aromatic N) is 1. The summed E-state index contributed by atoms with van der Waals surface area (Å²) >= 11 is 11.7. The van der Waals surface area contributed by atoms with Crippen LogP contribution in [0.15, 0.2) is 18.2 Å². The first kappa shape index (κ1) is 13.5. The Kier molecular flexibility index (Phi) is 4.36. The average Bonchev–Trinajstić information content (AvgIpc) is 2.34. The summed E-state index contributed by atoms with van der Waals surface area (Å²) in [5.41, 5.74) is 0.673. The van der Waals surface area contributed by atoms with Gasteiger partial charge in [-0.05, 0) is 44.4 Å². The third-order valence-corrected chi connectivity index (χ3v) is 3.97. The number of carbonyl (C=O) groups is 1. The van der Waals surface area contributed by atoms with Gasteiger partial charge in [0.15, 0.2) is 0 Å². The summed E-state index contributed by atoms with van der Waals surface area (Å²) in [6.07, 6.45) is 3.33. The summed E-state index contributed by atoms with van der Waals surface area (Å²) in [5, 5.41) is 3.79. The van der Waals surface area contributed by atoms with Crippen molar-refractivity contribution < 1.29 is 4.79 Å². The van der Waals surface area contributed by atoms with Crippen molar-refractivity contribution >= 4 is 34.9 Å². The van der Waals surface area contributed by atoms with E-state index >= 15 is 0 Å². The number of hydrogen-bond donors (Lipinski definition) is 1. The molecule has 0 aromatic heterocycles. The molecule has 1 fully saturated rings. The monoisotopic (exact) mass is 286 g/mol. The highest BCUT2D eigenvalue weighted by Gasteiger charge is 2.23. The van der Waals surface area contributed by atoms with Crippen LogP contribution in [-0.4, -0.2) is 23.5 Å². The minimum absolute atomic E-state index is 0.0689. The minimum Gasteiger partial charge on any atom is -0.322 e. The normalized spacial score (nSPS) is 19.7. The van der Waals surface area contributed by atoms with Crippen LogP contribution in [0.3, 0.4) is 0 Å². The molecule has 2 rings (SSSR count). The Hall–Kier alpha value is -0.930. The lowest BCUT2D eigenvalue weighted by Gasteiger charge is -2.33. The molecule has 0 radical (unpaired) electrons. The van der Waals surface area contributed by atoms with Crippen molar-refractivity contribution in [3.05, 3.63) is 28.2 Å². The van der Waals surface area contributed by atoms with E-state index in [9.17, 15) is 4.79 Å². The van der Waals surface area contributed by atoms with Crippen molar-refractivity contribution in [3.63, 3.8) is 0 Å². The van der Waals surface area contributed by atoms with Gasteiger partial charge in [-0.1, -0.05) is 23.2 Å². The number of urea groups is 1. The highest BCUT2D eigenvalue weighted by Crippen LogP contribution is 2.25. The fraction of sp³-hybridized carbons (Fsp3) is 0.462. The second-order valence-corrected chi connectivity index (χ2v) is 5.41. The van der Waals surface area contributed by atoms with Gasteiger partial charge in [-0.25, -0.2) is 4.79 Å². The van der Waals surface area contributed by atoms with Gasteiger partial charge >= 0.3 is 6.03 Å². The molecular weight excluding hydrogens is 271 g/mol. The van der Waals surface area contributed by atoms with Crippen LogP contribution < -0.4 is 5.32 Å². The SMILES string of the molecule is CC1CCCCN1C(=O)Nc1ccc(Cl)c(Cl)c1. The largest absolute Gasteiger partial charge is 0.322 e. The Bertz CT molecular complexity index is 451. The predicted molar refractivity (Wildman–Crippen MR) is 75.5 cm³/mol. The van der Waals surface area contributed by atoms with Crippen LogP contribution in [0.2, 0.25) is 10.0 Å². The van der Waals surface area contributed by atoms with Crippen LogP contribution in [-0.2, 0) is 0 Å². The van der Waals surface area contributed by atoms with E-state index in [4.69, 9.17) is 23.2 Å². The molecule has 1 aromatic carbocycles. The maximum Gasteiger partial charge on any atom is 0.322 e. The summed E-state index contributed by atoms with van der Waals surface area (Å²) < 4.78 is 0. The number of halogens is 2. The standard InChI is InChI=1S/C13H16Cl2N2O/c1-9-4-2-3-7-17(9)13(18)16-10-5-6-11(14)12(15)8-10/h5-6,8-9H,2-4,7H2,1H3,(H,16,18). The zero-order valence-corrected chi connectivity index (χ0v) is 11.8. The molecule has 0 aliphatic carbocycles. The van der Waals surface area contributed by atoms with Crippen LogP contribution in [0.25, 0.3) is 0 Å². The second kappa shape index (κ2) is 5.81. The fourth-order valence-electron chi connectivity index (χ4n) is 2.17. The first-order chi connectivity index (χ1) is 8.58. The quantitative estimate of drug-likeness (QED) is 0.815. The number of nitrogens with one attached hydrogen (secondary N) is 1. The molecule has 3 nitrogen and oxygen atoms in total. The van der Waals surface area contributed by atoms with E-state index in [2.05, 4.69) is 12.2 Å². The van der Waals surface area contributed by atoms with Crippen LogP contribution in [0.4, 0.5) is 10.5 Å². The van der Waals surface area contributed by atoms with Crippen molar-refractivity contribution in [2.45, 2.75) is 32.2 Å². The van der Waals surface area contributed by atoms with Crippen LogP contribution in [0.5, 0.6) is 0 Å². The molecule has 1 aliphatic rings. The van der Waals surface area contributed by atoms with E-state index in [0.29, 0.717) is 21.8 Å². The number of rotatable bonds is 1. The van der Waals surface area contributed by atoms with Crippen molar-refractivity contribution in [1.29, 1.82) is 0 Å². The molecule has 1 aliphatic heterocycles. The van der Waals surface area contributed by atoms with Gasteiger partial charge in [-0.15, -0.1) is 0 Å².